The van der Waals surface area contributed by atoms with Crippen LogP contribution in [0.15, 0.2) is 48.7 Å². The maximum absolute atomic E-state index is 14.4. The second-order valence-electron chi connectivity index (χ2n) is 13.1. The van der Waals surface area contributed by atoms with Crippen LogP contribution in [0.25, 0.3) is 22.0 Å². The van der Waals surface area contributed by atoms with Gasteiger partial charge in [-0.25, -0.2) is 13.6 Å². The van der Waals surface area contributed by atoms with Crippen molar-refractivity contribution in [1.29, 1.82) is 0 Å². The van der Waals surface area contributed by atoms with Crippen molar-refractivity contribution in [3.63, 3.8) is 0 Å². The smallest absolute Gasteiger partial charge is 0.403 e. The number of nitrogens with zero attached hydrogens (tertiary/aromatic N) is 3. The van der Waals surface area contributed by atoms with Crippen LogP contribution in [0.3, 0.4) is 0 Å². The SMILES string of the molecule is COc1cc(CN2CCC(C(F)(F)F)CC2)cnc1-c1cccc2c(C[C@H](NC(=O)C3(C(F)(F)F)CCN(CC(F)F)CC3)C(=O)O)cccc12. The summed E-state index contributed by atoms with van der Waals surface area (Å²) in [5.74, 6) is -3.99. The number of piperidine rings is 2. The molecule has 0 bridgehead atoms. The molecule has 3 aromatic rings. The number of benzene rings is 2. The van der Waals surface area contributed by atoms with Crippen molar-refractivity contribution in [3.05, 3.63) is 59.8 Å². The maximum Gasteiger partial charge on any atom is 0.403 e. The molecule has 51 heavy (non-hydrogen) atoms. The van der Waals surface area contributed by atoms with E-state index in [0.29, 0.717) is 39.9 Å². The van der Waals surface area contributed by atoms with Crippen LogP contribution in [-0.2, 0) is 22.6 Å². The van der Waals surface area contributed by atoms with E-state index in [9.17, 15) is 49.8 Å². The number of ether oxygens (including phenoxy) is 1. The molecule has 1 aromatic heterocycles. The molecular formula is C35H38F8N4O4. The number of hydrogen-bond donors (Lipinski definition) is 2. The number of carbonyl (C=O) groups excluding carboxylic acids is 1. The first-order valence-electron chi connectivity index (χ1n) is 16.5. The molecule has 2 fully saturated rings. The molecule has 0 spiro atoms. The number of carboxylic acid groups (broad SMARTS) is 1. The molecule has 3 heterocycles. The quantitative estimate of drug-likeness (QED) is 0.212. The highest BCUT2D eigenvalue weighted by atomic mass is 19.4. The summed E-state index contributed by atoms with van der Waals surface area (Å²) in [5, 5.41) is 13.3. The first-order chi connectivity index (χ1) is 24.0. The Morgan fingerprint density at radius 1 is 0.980 bits per heavy atom. The second-order valence-corrected chi connectivity index (χ2v) is 13.1. The third-order valence-electron chi connectivity index (χ3n) is 9.96. The molecule has 5 rings (SSSR count). The Hall–Kier alpha value is -4.05. The Balaban J connectivity index is 1.36. The van der Waals surface area contributed by atoms with Gasteiger partial charge in [0.2, 0.25) is 5.91 Å². The molecule has 2 aliphatic heterocycles. The van der Waals surface area contributed by atoms with E-state index in [4.69, 9.17) is 4.74 Å². The maximum atomic E-state index is 14.4. The van der Waals surface area contributed by atoms with Crippen LogP contribution in [0, 0.1) is 11.3 Å². The summed E-state index contributed by atoms with van der Waals surface area (Å²) in [6.45, 7) is -0.583. The number of amides is 1. The van der Waals surface area contributed by atoms with Crippen molar-refractivity contribution in [2.75, 3.05) is 39.8 Å². The molecule has 2 aromatic carbocycles. The number of hydrogen-bond acceptors (Lipinski definition) is 6. The second kappa shape index (κ2) is 15.3. The fourth-order valence-corrected chi connectivity index (χ4v) is 7.03. The van der Waals surface area contributed by atoms with Crippen LogP contribution < -0.4 is 10.1 Å². The normalized spacial score (nSPS) is 18.5. The lowest BCUT2D eigenvalue weighted by Crippen LogP contribution is -2.59. The number of likely N-dealkylation sites (tertiary alicyclic amines) is 2. The number of rotatable bonds is 11. The fraction of sp³-hybridized carbons (Fsp3) is 0.514. The highest BCUT2D eigenvalue weighted by Gasteiger charge is 2.61. The van der Waals surface area contributed by atoms with E-state index in [0.717, 1.165) is 10.5 Å². The summed E-state index contributed by atoms with van der Waals surface area (Å²) in [4.78, 5) is 33.3. The molecule has 8 nitrogen and oxygen atoms in total. The van der Waals surface area contributed by atoms with Crippen LogP contribution in [0.1, 0.15) is 36.8 Å². The van der Waals surface area contributed by atoms with Gasteiger partial charge >= 0.3 is 18.3 Å². The Labute approximate surface area is 288 Å². The zero-order valence-corrected chi connectivity index (χ0v) is 27.7. The van der Waals surface area contributed by atoms with E-state index in [2.05, 4.69) is 10.3 Å². The summed E-state index contributed by atoms with van der Waals surface area (Å²) < 4.78 is 114. The van der Waals surface area contributed by atoms with Gasteiger partial charge in [0.05, 0.1) is 19.6 Å². The van der Waals surface area contributed by atoms with E-state index in [-0.39, 0.29) is 32.4 Å². The summed E-state index contributed by atoms with van der Waals surface area (Å²) in [6.07, 6.45) is -12.3. The molecule has 16 heteroatoms. The number of aromatic nitrogens is 1. The van der Waals surface area contributed by atoms with Gasteiger partial charge in [-0.05, 0) is 79.8 Å². The van der Waals surface area contributed by atoms with E-state index in [1.54, 1.807) is 48.7 Å². The molecule has 1 atom stereocenters. The topological polar surface area (TPSA) is 95.0 Å². The highest BCUT2D eigenvalue weighted by molar-refractivity contribution is 5.99. The van der Waals surface area contributed by atoms with Crippen LogP contribution >= 0.6 is 0 Å². The molecule has 278 valence electrons. The minimum absolute atomic E-state index is 0.0163. The first-order valence-corrected chi connectivity index (χ1v) is 16.5. The van der Waals surface area contributed by atoms with Gasteiger partial charge in [-0.2, -0.15) is 26.3 Å². The molecule has 0 unspecified atom stereocenters. The molecule has 0 aliphatic carbocycles. The summed E-state index contributed by atoms with van der Waals surface area (Å²) in [5.41, 5.74) is -0.732. The van der Waals surface area contributed by atoms with Gasteiger partial charge in [-0.1, -0.05) is 36.4 Å². The van der Waals surface area contributed by atoms with Crippen molar-refractivity contribution >= 4 is 22.6 Å². The standard InChI is InChI=1S/C35H38F8N4O4/c1-51-28-16-21(19-46-12-8-23(9-13-46)34(38,39)40)18-44-30(28)26-7-3-5-24-22(4-2-6-25(24)26)17-27(31(48)49)45-32(50)33(35(41,42)43)10-14-47(15-11-33)20-29(36)37/h2-7,16,18,23,27,29H,8-15,17,19-20H2,1H3,(H,45,50)(H,48,49)/t27-/m0/s1. The number of fused-ring (bicyclic) bond motifs is 1. The largest absolute Gasteiger partial charge is 0.494 e. The number of methoxy groups -OCH3 is 1. The Bertz CT molecular complexity index is 1700. The monoisotopic (exact) mass is 730 g/mol. The van der Waals surface area contributed by atoms with Gasteiger partial charge in [0, 0.05) is 24.7 Å². The Morgan fingerprint density at radius 2 is 1.63 bits per heavy atom. The van der Waals surface area contributed by atoms with Crippen molar-refractivity contribution in [2.24, 2.45) is 11.3 Å². The number of carboxylic acids is 1. The number of pyridine rings is 1. The van der Waals surface area contributed by atoms with E-state index >= 15 is 0 Å². The Morgan fingerprint density at radius 3 is 2.22 bits per heavy atom. The third kappa shape index (κ3) is 8.54. The minimum Gasteiger partial charge on any atom is -0.494 e. The van der Waals surface area contributed by atoms with Crippen LogP contribution in [0.2, 0.25) is 0 Å². The summed E-state index contributed by atoms with van der Waals surface area (Å²) in [7, 11) is 1.45. The highest BCUT2D eigenvalue weighted by Crippen LogP contribution is 2.47. The number of alkyl halides is 8. The van der Waals surface area contributed by atoms with Gasteiger partial charge in [0.15, 0.2) is 0 Å². The number of halogens is 8. The third-order valence-corrected chi connectivity index (χ3v) is 9.96. The predicted molar refractivity (Wildman–Crippen MR) is 171 cm³/mol. The number of aliphatic carboxylic acids is 1. The summed E-state index contributed by atoms with van der Waals surface area (Å²) in [6, 6.07) is 10.2. The van der Waals surface area contributed by atoms with Crippen LogP contribution in [-0.4, -0.2) is 96.4 Å². The molecule has 2 saturated heterocycles. The average molecular weight is 731 g/mol. The zero-order chi connectivity index (χ0) is 37.1. The Kier molecular flexibility index (Phi) is 11.4. The van der Waals surface area contributed by atoms with Crippen molar-refractivity contribution in [1.82, 2.24) is 20.1 Å². The molecule has 0 saturated carbocycles. The fourth-order valence-electron chi connectivity index (χ4n) is 7.03. The average Bonchev–Trinajstić information content (AvgIpc) is 3.07. The van der Waals surface area contributed by atoms with Gasteiger partial charge in [-0.3, -0.25) is 19.6 Å². The summed E-state index contributed by atoms with van der Waals surface area (Å²) >= 11 is 0. The zero-order valence-electron chi connectivity index (χ0n) is 27.7. The minimum atomic E-state index is -5.04. The first kappa shape index (κ1) is 38.2. The predicted octanol–water partition coefficient (Wildman–Crippen LogP) is 6.71. The van der Waals surface area contributed by atoms with Gasteiger partial charge < -0.3 is 15.2 Å². The van der Waals surface area contributed by atoms with Gasteiger partial charge in [0.1, 0.15) is 22.9 Å². The molecule has 1 amide bonds. The van der Waals surface area contributed by atoms with E-state index < -0.39 is 80.5 Å². The molecule has 0 radical (unpaired) electrons. The van der Waals surface area contributed by atoms with Crippen LogP contribution in [0.5, 0.6) is 5.75 Å². The van der Waals surface area contributed by atoms with E-state index in [1.807, 2.05) is 4.90 Å². The van der Waals surface area contributed by atoms with Crippen molar-refractivity contribution in [3.8, 4) is 17.0 Å². The van der Waals surface area contributed by atoms with Gasteiger partial charge in [-0.15, -0.1) is 0 Å². The van der Waals surface area contributed by atoms with Crippen LogP contribution in [0.4, 0.5) is 35.1 Å². The van der Waals surface area contributed by atoms with Gasteiger partial charge in [0.25, 0.3) is 6.43 Å². The van der Waals surface area contributed by atoms with E-state index in [1.165, 1.54) is 7.11 Å². The molecular weight excluding hydrogens is 692 g/mol. The number of nitrogens with one attached hydrogen (secondary N) is 1. The number of carbonyl (C=O) groups is 2. The van der Waals surface area contributed by atoms with Crippen molar-refractivity contribution < 1.29 is 54.6 Å². The lowest BCUT2D eigenvalue weighted by molar-refractivity contribution is -0.233. The molecule has 2 aliphatic rings. The molecule has 2 N–H and O–H groups in total. The lowest BCUT2D eigenvalue weighted by atomic mass is 9.76. The van der Waals surface area contributed by atoms with Crippen molar-refractivity contribution in [2.45, 2.75) is 63.5 Å². The lowest BCUT2D eigenvalue weighted by Gasteiger charge is -2.41.